The normalized spacial score (nSPS) is 10.6. The number of nitrogens with one attached hydrogen (secondary N) is 1. The summed E-state index contributed by atoms with van der Waals surface area (Å²) >= 11 is 0. The van der Waals surface area contributed by atoms with Crippen LogP contribution >= 0.6 is 0 Å². The van der Waals surface area contributed by atoms with Gasteiger partial charge < -0.3 is 16.8 Å². The zero-order valence-electron chi connectivity index (χ0n) is 11.7. The average Bonchev–Trinajstić information content (AvgIpc) is 2.41. The Bertz CT molecular complexity index is 635. The molecule has 0 heterocycles. The Morgan fingerprint density at radius 3 is 2.50 bits per heavy atom. The third-order valence-electron chi connectivity index (χ3n) is 3.18. The number of amides is 1. The second-order valence-electron chi connectivity index (χ2n) is 5.03. The van der Waals surface area contributed by atoms with E-state index in [1.807, 2.05) is 24.3 Å². The highest BCUT2D eigenvalue weighted by molar-refractivity contribution is 5.99. The summed E-state index contributed by atoms with van der Waals surface area (Å²) in [5.74, 6) is -0.119. The highest BCUT2D eigenvalue weighted by atomic mass is 16.1. The first kappa shape index (κ1) is 13.9. The number of rotatable bonds is 4. The predicted octanol–water partition coefficient (Wildman–Crippen LogP) is 3.23. The van der Waals surface area contributed by atoms with E-state index < -0.39 is 5.91 Å². The number of carbonyl (C=O) groups excluding carboxylic acids is 1. The summed E-state index contributed by atoms with van der Waals surface area (Å²) in [4.78, 5) is 11.3. The minimum Gasteiger partial charge on any atom is -0.398 e. The molecule has 104 valence electrons. The van der Waals surface area contributed by atoms with Crippen molar-refractivity contribution in [2.24, 2.45) is 5.73 Å². The molecule has 0 atom stereocenters. The highest BCUT2D eigenvalue weighted by Gasteiger charge is 2.09. The molecular weight excluding hydrogens is 250 g/mol. The van der Waals surface area contributed by atoms with Gasteiger partial charge in [-0.3, -0.25) is 4.79 Å². The van der Waals surface area contributed by atoms with E-state index in [9.17, 15) is 4.79 Å². The molecule has 0 saturated carbocycles. The number of carbonyl (C=O) groups is 1. The molecule has 2 aromatic carbocycles. The maximum Gasteiger partial charge on any atom is 0.250 e. The number of nitrogens with two attached hydrogens (primary N) is 2. The third-order valence-corrected chi connectivity index (χ3v) is 3.18. The van der Waals surface area contributed by atoms with E-state index in [1.54, 1.807) is 12.1 Å². The van der Waals surface area contributed by atoms with Crippen LogP contribution < -0.4 is 16.8 Å². The standard InChI is InChI=1S/C16H19N3O/c1-10(2)12-5-3-4-6-15(12)19-11-7-8-14(17)13(9-11)16(18)20/h3-10,19H,17H2,1-2H3,(H2,18,20). The summed E-state index contributed by atoms with van der Waals surface area (Å²) in [7, 11) is 0. The van der Waals surface area contributed by atoms with Crippen molar-refractivity contribution in [2.75, 3.05) is 11.1 Å². The van der Waals surface area contributed by atoms with Crippen LogP contribution in [0.25, 0.3) is 0 Å². The molecule has 2 aromatic rings. The first-order valence-electron chi connectivity index (χ1n) is 6.54. The SMILES string of the molecule is CC(C)c1ccccc1Nc1ccc(N)c(C(N)=O)c1. The molecule has 5 N–H and O–H groups in total. The van der Waals surface area contributed by atoms with Crippen LogP contribution in [-0.2, 0) is 0 Å². The number of para-hydroxylation sites is 1. The molecule has 0 unspecified atom stereocenters. The van der Waals surface area contributed by atoms with Crippen LogP contribution in [0.4, 0.5) is 17.1 Å². The van der Waals surface area contributed by atoms with Gasteiger partial charge in [0.1, 0.15) is 0 Å². The number of benzene rings is 2. The molecule has 0 aliphatic rings. The Kier molecular flexibility index (Phi) is 3.94. The van der Waals surface area contributed by atoms with Gasteiger partial charge in [-0.15, -0.1) is 0 Å². The molecule has 4 nitrogen and oxygen atoms in total. The first-order valence-corrected chi connectivity index (χ1v) is 6.54. The lowest BCUT2D eigenvalue weighted by molar-refractivity contribution is 0.100. The molecule has 0 aliphatic heterocycles. The molecular formula is C16H19N3O. The zero-order chi connectivity index (χ0) is 14.7. The number of nitrogen functional groups attached to an aromatic ring is 1. The third kappa shape index (κ3) is 2.91. The Morgan fingerprint density at radius 2 is 1.85 bits per heavy atom. The fourth-order valence-electron chi connectivity index (χ4n) is 2.12. The molecule has 0 aromatic heterocycles. The van der Waals surface area contributed by atoms with E-state index in [-0.39, 0.29) is 0 Å². The summed E-state index contributed by atoms with van der Waals surface area (Å²) in [5, 5.41) is 3.31. The molecule has 1 amide bonds. The van der Waals surface area contributed by atoms with E-state index in [0.717, 1.165) is 11.4 Å². The summed E-state index contributed by atoms with van der Waals surface area (Å²) in [6, 6.07) is 13.3. The number of primary amides is 1. The highest BCUT2D eigenvalue weighted by Crippen LogP contribution is 2.28. The quantitative estimate of drug-likeness (QED) is 0.745. The van der Waals surface area contributed by atoms with Crippen molar-refractivity contribution in [1.29, 1.82) is 0 Å². The van der Waals surface area contributed by atoms with E-state index in [4.69, 9.17) is 11.5 Å². The van der Waals surface area contributed by atoms with Gasteiger partial charge in [-0.05, 0) is 35.7 Å². The van der Waals surface area contributed by atoms with Gasteiger partial charge in [0.05, 0.1) is 5.56 Å². The number of hydrogen-bond donors (Lipinski definition) is 3. The van der Waals surface area contributed by atoms with Crippen molar-refractivity contribution in [2.45, 2.75) is 19.8 Å². The Morgan fingerprint density at radius 1 is 1.15 bits per heavy atom. The monoisotopic (exact) mass is 269 g/mol. The van der Waals surface area contributed by atoms with E-state index in [2.05, 4.69) is 25.2 Å². The average molecular weight is 269 g/mol. The van der Waals surface area contributed by atoms with Crippen molar-refractivity contribution in [3.63, 3.8) is 0 Å². The summed E-state index contributed by atoms with van der Waals surface area (Å²) in [6.07, 6.45) is 0. The number of hydrogen-bond acceptors (Lipinski definition) is 3. The summed E-state index contributed by atoms with van der Waals surface area (Å²) in [5.41, 5.74) is 14.8. The molecule has 2 rings (SSSR count). The van der Waals surface area contributed by atoms with Crippen molar-refractivity contribution in [3.8, 4) is 0 Å². The second-order valence-corrected chi connectivity index (χ2v) is 5.03. The van der Waals surface area contributed by atoms with Crippen molar-refractivity contribution in [3.05, 3.63) is 53.6 Å². The molecule has 4 heteroatoms. The van der Waals surface area contributed by atoms with Crippen LogP contribution in [0.5, 0.6) is 0 Å². The van der Waals surface area contributed by atoms with Crippen LogP contribution in [0.1, 0.15) is 35.7 Å². The molecule has 0 bridgehead atoms. The molecule has 0 spiro atoms. The van der Waals surface area contributed by atoms with Gasteiger partial charge in [0.15, 0.2) is 0 Å². The van der Waals surface area contributed by atoms with Gasteiger partial charge in [-0.2, -0.15) is 0 Å². The minimum atomic E-state index is -0.525. The lowest BCUT2D eigenvalue weighted by atomic mass is 10.0. The van der Waals surface area contributed by atoms with E-state index in [1.165, 1.54) is 5.56 Å². The van der Waals surface area contributed by atoms with Crippen LogP contribution in [-0.4, -0.2) is 5.91 Å². The molecule has 20 heavy (non-hydrogen) atoms. The van der Waals surface area contributed by atoms with E-state index >= 15 is 0 Å². The largest absolute Gasteiger partial charge is 0.398 e. The lowest BCUT2D eigenvalue weighted by Crippen LogP contribution is -2.13. The molecule has 0 saturated heterocycles. The topological polar surface area (TPSA) is 81.1 Å². The zero-order valence-corrected chi connectivity index (χ0v) is 11.7. The van der Waals surface area contributed by atoms with Gasteiger partial charge in [-0.25, -0.2) is 0 Å². The van der Waals surface area contributed by atoms with Gasteiger partial charge in [0.25, 0.3) is 5.91 Å². The van der Waals surface area contributed by atoms with Crippen molar-refractivity contribution < 1.29 is 4.79 Å². The van der Waals surface area contributed by atoms with Gasteiger partial charge in [0, 0.05) is 17.1 Å². The molecule has 0 radical (unpaired) electrons. The van der Waals surface area contributed by atoms with E-state index in [0.29, 0.717) is 17.2 Å². The van der Waals surface area contributed by atoms with Crippen LogP contribution in [0.15, 0.2) is 42.5 Å². The van der Waals surface area contributed by atoms with Gasteiger partial charge in [0.2, 0.25) is 0 Å². The fourth-order valence-corrected chi connectivity index (χ4v) is 2.12. The van der Waals surface area contributed by atoms with Crippen molar-refractivity contribution >= 4 is 23.0 Å². The Balaban J connectivity index is 2.36. The predicted molar refractivity (Wildman–Crippen MR) is 83.2 cm³/mol. The maximum absolute atomic E-state index is 11.3. The summed E-state index contributed by atoms with van der Waals surface area (Å²) < 4.78 is 0. The maximum atomic E-state index is 11.3. The Hall–Kier alpha value is -2.49. The van der Waals surface area contributed by atoms with Crippen LogP contribution in [0.3, 0.4) is 0 Å². The Labute approximate surface area is 118 Å². The molecule has 0 fully saturated rings. The fraction of sp³-hybridized carbons (Fsp3) is 0.188. The van der Waals surface area contributed by atoms with Crippen LogP contribution in [0, 0.1) is 0 Å². The van der Waals surface area contributed by atoms with Crippen LogP contribution in [0.2, 0.25) is 0 Å². The van der Waals surface area contributed by atoms with Gasteiger partial charge >= 0.3 is 0 Å². The van der Waals surface area contributed by atoms with Crippen molar-refractivity contribution in [1.82, 2.24) is 0 Å². The second kappa shape index (κ2) is 5.65. The number of anilines is 3. The lowest BCUT2D eigenvalue weighted by Gasteiger charge is -2.15. The molecule has 0 aliphatic carbocycles. The summed E-state index contributed by atoms with van der Waals surface area (Å²) in [6.45, 7) is 4.27. The first-order chi connectivity index (χ1) is 9.49. The van der Waals surface area contributed by atoms with Gasteiger partial charge in [-0.1, -0.05) is 32.0 Å². The smallest absolute Gasteiger partial charge is 0.250 e. The minimum absolute atomic E-state index is 0.331.